The lowest BCUT2D eigenvalue weighted by Gasteiger charge is -2.05. The second-order valence-corrected chi connectivity index (χ2v) is 6.24. The number of carbonyl (C=O) groups excluding carboxylic acids is 1. The molecule has 8 heteroatoms. The smallest absolute Gasteiger partial charge is 0.230 e. The maximum atomic E-state index is 11.8. The van der Waals surface area contributed by atoms with Gasteiger partial charge in [0.1, 0.15) is 5.75 Å². The molecule has 0 bridgehead atoms. The first-order valence-corrected chi connectivity index (χ1v) is 8.05. The monoisotopic (exact) mass is 324 g/mol. The minimum atomic E-state index is -0.0305. The molecule has 112 valence electrons. The first kappa shape index (κ1) is 15.6. The van der Waals surface area contributed by atoms with Gasteiger partial charge in [0.05, 0.1) is 12.9 Å². The summed E-state index contributed by atoms with van der Waals surface area (Å²) in [4.78, 5) is 11.8. The summed E-state index contributed by atoms with van der Waals surface area (Å²) in [7, 11) is 3.41. The summed E-state index contributed by atoms with van der Waals surface area (Å²) in [6.45, 7) is 0.501. The van der Waals surface area contributed by atoms with E-state index in [1.807, 2.05) is 24.3 Å². The van der Waals surface area contributed by atoms with Crippen LogP contribution in [0.5, 0.6) is 5.75 Å². The van der Waals surface area contributed by atoms with Gasteiger partial charge in [-0.1, -0.05) is 35.2 Å². The molecule has 0 aliphatic heterocycles. The minimum Gasteiger partial charge on any atom is -0.497 e. The third-order valence-corrected chi connectivity index (χ3v) is 4.67. The number of nitrogens with one attached hydrogen (secondary N) is 2. The minimum absolute atomic E-state index is 0.0305. The van der Waals surface area contributed by atoms with Gasteiger partial charge in [-0.25, -0.2) is 0 Å². The molecular formula is C13H16N4O2S2. The van der Waals surface area contributed by atoms with Gasteiger partial charge in [-0.2, -0.15) is 0 Å². The Kier molecular flexibility index (Phi) is 5.82. The predicted octanol–water partition coefficient (Wildman–Crippen LogP) is 2.00. The average molecular weight is 324 g/mol. The van der Waals surface area contributed by atoms with Gasteiger partial charge in [-0.3, -0.25) is 4.79 Å². The highest BCUT2D eigenvalue weighted by atomic mass is 32.2. The Balaban J connectivity index is 1.73. The number of nitrogens with zero attached hydrogens (tertiary/aromatic N) is 2. The molecule has 1 aromatic carbocycles. The third-order valence-electron chi connectivity index (χ3n) is 2.60. The molecule has 0 aliphatic rings. The molecule has 6 nitrogen and oxygen atoms in total. The van der Waals surface area contributed by atoms with E-state index >= 15 is 0 Å². The van der Waals surface area contributed by atoms with E-state index in [0.29, 0.717) is 12.3 Å². The highest BCUT2D eigenvalue weighted by molar-refractivity contribution is 8.01. The number of carbonyl (C=O) groups is 1. The van der Waals surface area contributed by atoms with Gasteiger partial charge in [0.2, 0.25) is 11.0 Å². The Labute approximate surface area is 131 Å². The first-order chi connectivity index (χ1) is 10.2. The highest BCUT2D eigenvalue weighted by Crippen LogP contribution is 2.24. The fourth-order valence-corrected chi connectivity index (χ4v) is 3.03. The number of aromatic nitrogens is 2. The van der Waals surface area contributed by atoms with E-state index in [1.165, 1.54) is 23.1 Å². The van der Waals surface area contributed by atoms with Crippen molar-refractivity contribution in [1.29, 1.82) is 0 Å². The van der Waals surface area contributed by atoms with Crippen LogP contribution in [0.2, 0.25) is 0 Å². The van der Waals surface area contributed by atoms with Crippen LogP contribution in [0, 0.1) is 0 Å². The lowest BCUT2D eigenvalue weighted by Crippen LogP contribution is -2.24. The normalized spacial score (nSPS) is 10.2. The quantitative estimate of drug-likeness (QED) is 0.759. The largest absolute Gasteiger partial charge is 0.497 e. The fraction of sp³-hybridized carbons (Fsp3) is 0.308. The molecule has 0 aliphatic carbocycles. The van der Waals surface area contributed by atoms with Crippen LogP contribution in [0.3, 0.4) is 0 Å². The molecule has 1 amide bonds. The van der Waals surface area contributed by atoms with Crippen LogP contribution in [0.25, 0.3) is 0 Å². The summed E-state index contributed by atoms with van der Waals surface area (Å²) in [5, 5.41) is 14.4. The standard InChI is InChI=1S/C13H16N4O2S2/c1-14-12-16-17-13(21-12)20-8-11(18)15-7-9-3-5-10(19-2)6-4-9/h3-6H,7-8H2,1-2H3,(H,14,16)(H,15,18). The van der Waals surface area contributed by atoms with E-state index in [0.717, 1.165) is 20.8 Å². The van der Waals surface area contributed by atoms with Crippen LogP contribution in [0.4, 0.5) is 5.13 Å². The molecule has 0 saturated heterocycles. The van der Waals surface area contributed by atoms with Crippen molar-refractivity contribution >= 4 is 34.1 Å². The molecule has 0 atom stereocenters. The van der Waals surface area contributed by atoms with Crippen LogP contribution >= 0.6 is 23.1 Å². The Hall–Kier alpha value is -1.80. The van der Waals surface area contributed by atoms with Crippen molar-refractivity contribution in [3.63, 3.8) is 0 Å². The van der Waals surface area contributed by atoms with Crippen molar-refractivity contribution in [1.82, 2.24) is 15.5 Å². The average Bonchev–Trinajstić information content (AvgIpc) is 2.99. The van der Waals surface area contributed by atoms with E-state index in [4.69, 9.17) is 4.74 Å². The number of hydrogen-bond acceptors (Lipinski definition) is 7. The maximum absolute atomic E-state index is 11.8. The zero-order valence-corrected chi connectivity index (χ0v) is 13.4. The van der Waals surface area contributed by atoms with Gasteiger partial charge in [0.15, 0.2) is 4.34 Å². The molecule has 1 heterocycles. The van der Waals surface area contributed by atoms with Crippen molar-refractivity contribution in [2.45, 2.75) is 10.9 Å². The highest BCUT2D eigenvalue weighted by Gasteiger charge is 2.07. The van der Waals surface area contributed by atoms with Crippen LogP contribution < -0.4 is 15.4 Å². The number of hydrogen-bond donors (Lipinski definition) is 2. The van der Waals surface area contributed by atoms with Gasteiger partial charge in [0, 0.05) is 13.6 Å². The molecule has 2 rings (SSSR count). The molecule has 0 saturated carbocycles. The summed E-state index contributed by atoms with van der Waals surface area (Å²) in [5.74, 6) is 1.10. The predicted molar refractivity (Wildman–Crippen MR) is 85.0 cm³/mol. The van der Waals surface area contributed by atoms with Gasteiger partial charge in [-0.15, -0.1) is 10.2 Å². The van der Waals surface area contributed by atoms with Crippen LogP contribution in [-0.2, 0) is 11.3 Å². The zero-order valence-electron chi connectivity index (χ0n) is 11.8. The molecule has 1 aromatic heterocycles. The second kappa shape index (κ2) is 7.84. The molecule has 0 radical (unpaired) electrons. The van der Waals surface area contributed by atoms with E-state index < -0.39 is 0 Å². The lowest BCUT2D eigenvalue weighted by atomic mass is 10.2. The fourth-order valence-electron chi connectivity index (χ4n) is 1.49. The summed E-state index contributed by atoms with van der Waals surface area (Å²) in [5.41, 5.74) is 1.03. The van der Waals surface area contributed by atoms with Crippen molar-refractivity contribution in [2.75, 3.05) is 25.2 Å². The van der Waals surface area contributed by atoms with E-state index in [2.05, 4.69) is 20.8 Å². The SMILES string of the molecule is CNc1nnc(SCC(=O)NCc2ccc(OC)cc2)s1. The van der Waals surface area contributed by atoms with Gasteiger partial charge >= 0.3 is 0 Å². The number of methoxy groups -OCH3 is 1. The van der Waals surface area contributed by atoms with E-state index in [-0.39, 0.29) is 5.91 Å². The topological polar surface area (TPSA) is 76.1 Å². The molecular weight excluding hydrogens is 308 g/mol. The molecule has 2 N–H and O–H groups in total. The number of benzene rings is 1. The van der Waals surface area contributed by atoms with E-state index in [1.54, 1.807) is 14.2 Å². The van der Waals surface area contributed by atoms with Crippen molar-refractivity contribution in [2.24, 2.45) is 0 Å². The van der Waals surface area contributed by atoms with Gasteiger partial charge < -0.3 is 15.4 Å². The van der Waals surface area contributed by atoms with Crippen LogP contribution in [0.1, 0.15) is 5.56 Å². The molecule has 2 aromatic rings. The maximum Gasteiger partial charge on any atom is 0.230 e. The van der Waals surface area contributed by atoms with Crippen molar-refractivity contribution in [3.8, 4) is 5.75 Å². The van der Waals surface area contributed by atoms with Crippen LogP contribution in [0.15, 0.2) is 28.6 Å². The Morgan fingerprint density at radius 2 is 2.10 bits per heavy atom. The summed E-state index contributed by atoms with van der Waals surface area (Å²) < 4.78 is 5.86. The molecule has 0 unspecified atom stereocenters. The number of rotatable bonds is 7. The third kappa shape index (κ3) is 4.91. The summed E-state index contributed by atoms with van der Waals surface area (Å²) in [6, 6.07) is 7.60. The van der Waals surface area contributed by atoms with Crippen molar-refractivity contribution < 1.29 is 9.53 Å². The first-order valence-electron chi connectivity index (χ1n) is 6.25. The van der Waals surface area contributed by atoms with Crippen molar-refractivity contribution in [3.05, 3.63) is 29.8 Å². The summed E-state index contributed by atoms with van der Waals surface area (Å²) >= 11 is 2.81. The second-order valence-electron chi connectivity index (χ2n) is 4.04. The number of amides is 1. The van der Waals surface area contributed by atoms with E-state index in [9.17, 15) is 4.79 Å². The Morgan fingerprint density at radius 1 is 1.33 bits per heavy atom. The Bertz CT molecular complexity index is 586. The Morgan fingerprint density at radius 3 is 2.71 bits per heavy atom. The lowest BCUT2D eigenvalue weighted by molar-refractivity contribution is -0.118. The summed E-state index contributed by atoms with van der Waals surface area (Å²) in [6.07, 6.45) is 0. The molecule has 21 heavy (non-hydrogen) atoms. The molecule has 0 spiro atoms. The number of thioether (sulfide) groups is 1. The van der Waals surface area contributed by atoms with Crippen LogP contribution in [-0.4, -0.2) is 36.0 Å². The number of anilines is 1. The zero-order chi connectivity index (χ0) is 15.1. The molecule has 0 fully saturated rings. The van der Waals surface area contributed by atoms with Gasteiger partial charge in [-0.05, 0) is 17.7 Å². The van der Waals surface area contributed by atoms with Gasteiger partial charge in [0.25, 0.3) is 0 Å². The number of ether oxygens (including phenoxy) is 1.